The van der Waals surface area contributed by atoms with Crippen LogP contribution in [-0.4, -0.2) is 20.2 Å². The zero-order chi connectivity index (χ0) is 37.7. The van der Waals surface area contributed by atoms with Crippen molar-refractivity contribution in [2.75, 3.05) is 0 Å². The summed E-state index contributed by atoms with van der Waals surface area (Å²) in [5.41, 5.74) is 11.4. The molecule has 0 N–H and O–H groups in total. The highest BCUT2D eigenvalue weighted by Gasteiger charge is 2.32. The van der Waals surface area contributed by atoms with Gasteiger partial charge in [0.2, 0.25) is 0 Å². The highest BCUT2D eigenvalue weighted by Crippen LogP contribution is 2.51. The van der Waals surface area contributed by atoms with Crippen LogP contribution in [0.1, 0.15) is 11.5 Å². The zero-order valence-electron chi connectivity index (χ0n) is 31.0. The van der Waals surface area contributed by atoms with Gasteiger partial charge in [-0.25, -0.2) is 15.0 Å². The van der Waals surface area contributed by atoms with Crippen molar-refractivity contribution in [2.45, 2.75) is 16.1 Å². The van der Waals surface area contributed by atoms with E-state index in [9.17, 15) is 0 Å². The summed E-state index contributed by atoms with van der Waals surface area (Å²) < 4.78 is 0. The van der Waals surface area contributed by atoms with Crippen LogP contribution in [-0.2, 0) is 0 Å². The third-order valence-corrected chi connectivity index (χ3v) is 12.7. The minimum Gasteiger partial charge on any atom is -0.208 e. The van der Waals surface area contributed by atoms with Gasteiger partial charge in [0.25, 0.3) is 0 Å². The second-order valence-corrected chi connectivity index (χ2v) is 15.9. The van der Waals surface area contributed by atoms with E-state index in [2.05, 4.69) is 200 Å². The molecule has 268 valence electrons. The third kappa shape index (κ3) is 6.06. The molecule has 1 aliphatic carbocycles. The molecule has 0 bridgehead atoms. The lowest BCUT2D eigenvalue weighted by atomic mass is 9.90. The highest BCUT2D eigenvalue weighted by atomic mass is 32.2. The normalized spacial score (nSPS) is 15.5. The molecule has 8 aromatic carbocycles. The molecule has 2 aliphatic rings. The van der Waals surface area contributed by atoms with Crippen LogP contribution in [0, 0.1) is 0 Å². The van der Waals surface area contributed by atoms with Crippen molar-refractivity contribution in [3.8, 4) is 67.5 Å². The van der Waals surface area contributed by atoms with Gasteiger partial charge in [-0.2, -0.15) is 0 Å². The second kappa shape index (κ2) is 14.0. The van der Waals surface area contributed by atoms with Gasteiger partial charge in [0.05, 0.1) is 0 Å². The smallest absolute Gasteiger partial charge is 0.164 e. The standard InChI is InChI=1S/C53H35N3S/c1-3-14-42-34(10-1)12-7-17-44(42)36-22-28-39(29-23-36)51-54-52(40-30-24-37(25-31-40)45-18-8-13-35-11-2-4-15-43(35)45)56-53(55-51)41-32-26-38(27-33-41)46-19-9-20-48-47-16-5-6-21-49(47)57-50(46)48/h1-33,47,49H. The first kappa shape index (κ1) is 33.5. The van der Waals surface area contributed by atoms with Crippen molar-refractivity contribution in [1.82, 2.24) is 15.0 Å². The number of rotatable bonds is 6. The van der Waals surface area contributed by atoms with Gasteiger partial charge in [-0.1, -0.05) is 200 Å². The van der Waals surface area contributed by atoms with E-state index in [4.69, 9.17) is 15.0 Å². The lowest BCUT2D eigenvalue weighted by molar-refractivity contribution is 0.881. The van der Waals surface area contributed by atoms with Crippen LogP contribution >= 0.6 is 11.8 Å². The van der Waals surface area contributed by atoms with Crippen molar-refractivity contribution < 1.29 is 0 Å². The summed E-state index contributed by atoms with van der Waals surface area (Å²) in [5, 5.41) is 5.38. The van der Waals surface area contributed by atoms with Crippen LogP contribution in [0.15, 0.2) is 205 Å². The van der Waals surface area contributed by atoms with E-state index >= 15 is 0 Å². The highest BCUT2D eigenvalue weighted by molar-refractivity contribution is 8.00. The molecule has 2 unspecified atom stereocenters. The molecule has 0 saturated carbocycles. The van der Waals surface area contributed by atoms with E-state index < -0.39 is 0 Å². The molecule has 0 amide bonds. The lowest BCUT2D eigenvalue weighted by Gasteiger charge is -2.14. The summed E-state index contributed by atoms with van der Waals surface area (Å²) in [6.45, 7) is 0. The summed E-state index contributed by atoms with van der Waals surface area (Å²) in [6, 6.07) is 62.6. The number of aromatic nitrogens is 3. The topological polar surface area (TPSA) is 38.7 Å². The Labute approximate surface area is 336 Å². The van der Waals surface area contributed by atoms with E-state index in [0.29, 0.717) is 28.6 Å². The molecule has 0 spiro atoms. The summed E-state index contributed by atoms with van der Waals surface area (Å²) >= 11 is 1.97. The fraction of sp³-hybridized carbons (Fsp3) is 0.0377. The average molecular weight is 746 g/mol. The van der Waals surface area contributed by atoms with Crippen LogP contribution in [0.3, 0.4) is 0 Å². The van der Waals surface area contributed by atoms with E-state index in [1.54, 1.807) is 0 Å². The number of hydrogen-bond donors (Lipinski definition) is 0. The molecule has 0 fully saturated rings. The maximum Gasteiger partial charge on any atom is 0.164 e. The van der Waals surface area contributed by atoms with E-state index in [0.717, 1.165) is 27.8 Å². The fourth-order valence-corrected chi connectivity index (χ4v) is 9.88. The van der Waals surface area contributed by atoms with Gasteiger partial charge in [-0.15, -0.1) is 11.8 Å². The minimum atomic E-state index is 0.429. The van der Waals surface area contributed by atoms with E-state index in [-0.39, 0.29) is 0 Å². The second-order valence-electron chi connectivity index (χ2n) is 14.7. The number of allylic oxidation sites excluding steroid dienone is 3. The summed E-state index contributed by atoms with van der Waals surface area (Å²) in [6.07, 6.45) is 9.01. The Morgan fingerprint density at radius 1 is 0.351 bits per heavy atom. The first-order valence-electron chi connectivity index (χ1n) is 19.4. The summed E-state index contributed by atoms with van der Waals surface area (Å²) in [5.74, 6) is 2.36. The Morgan fingerprint density at radius 2 is 0.754 bits per heavy atom. The Balaban J connectivity index is 0.980. The molecule has 11 rings (SSSR count). The third-order valence-electron chi connectivity index (χ3n) is 11.3. The molecule has 4 heteroatoms. The lowest BCUT2D eigenvalue weighted by Crippen LogP contribution is -2.06. The molecule has 0 saturated heterocycles. The maximum atomic E-state index is 5.12. The first-order valence-corrected chi connectivity index (χ1v) is 20.3. The van der Waals surface area contributed by atoms with Crippen molar-refractivity contribution in [1.29, 1.82) is 0 Å². The van der Waals surface area contributed by atoms with Gasteiger partial charge in [0.1, 0.15) is 0 Å². The first-order chi connectivity index (χ1) is 28.2. The monoisotopic (exact) mass is 745 g/mol. The Hall–Kier alpha value is -6.88. The maximum absolute atomic E-state index is 5.12. The van der Waals surface area contributed by atoms with Gasteiger partial charge in [0.15, 0.2) is 17.5 Å². The Morgan fingerprint density at radius 3 is 1.28 bits per heavy atom. The average Bonchev–Trinajstić information content (AvgIpc) is 3.68. The van der Waals surface area contributed by atoms with Crippen LogP contribution in [0.4, 0.5) is 0 Å². The molecule has 0 radical (unpaired) electrons. The number of hydrogen-bond acceptors (Lipinski definition) is 4. The number of nitrogens with zero attached hydrogens (tertiary/aromatic N) is 3. The number of fused-ring (bicyclic) bond motifs is 5. The predicted octanol–water partition coefficient (Wildman–Crippen LogP) is 13.9. The number of thioether (sulfide) groups is 1. The van der Waals surface area contributed by atoms with Gasteiger partial charge in [-0.05, 0) is 60.5 Å². The van der Waals surface area contributed by atoms with Crippen LogP contribution in [0.25, 0.3) is 89.1 Å². The molecular weight excluding hydrogens is 711 g/mol. The largest absolute Gasteiger partial charge is 0.208 e. The van der Waals surface area contributed by atoms with Crippen molar-refractivity contribution in [3.63, 3.8) is 0 Å². The van der Waals surface area contributed by atoms with Crippen molar-refractivity contribution in [3.05, 3.63) is 206 Å². The molecule has 9 aromatic rings. The van der Waals surface area contributed by atoms with E-state index in [1.807, 2.05) is 11.8 Å². The Bertz CT molecular complexity index is 2880. The molecule has 57 heavy (non-hydrogen) atoms. The SMILES string of the molecule is C1=CC2Sc3c(-c4ccc(-c5nc(-c6ccc(-c7cccc8ccccc78)cc6)nc(-c6ccc(-c7cccc8ccccc78)cc6)n5)cc4)cccc3C2C=C1. The van der Waals surface area contributed by atoms with Crippen LogP contribution in [0.2, 0.25) is 0 Å². The van der Waals surface area contributed by atoms with Crippen LogP contribution in [0.5, 0.6) is 0 Å². The van der Waals surface area contributed by atoms with Gasteiger partial charge < -0.3 is 0 Å². The molecule has 3 nitrogen and oxygen atoms in total. The predicted molar refractivity (Wildman–Crippen MR) is 238 cm³/mol. The molecule has 2 heterocycles. The fourth-order valence-electron chi connectivity index (χ4n) is 8.41. The van der Waals surface area contributed by atoms with Gasteiger partial charge in [-0.3, -0.25) is 0 Å². The zero-order valence-corrected chi connectivity index (χ0v) is 31.8. The quantitative estimate of drug-likeness (QED) is 0.170. The van der Waals surface area contributed by atoms with Crippen LogP contribution < -0.4 is 0 Å². The van der Waals surface area contributed by atoms with E-state index in [1.165, 1.54) is 54.3 Å². The van der Waals surface area contributed by atoms with Gasteiger partial charge >= 0.3 is 0 Å². The molecule has 1 aliphatic heterocycles. The molecule has 2 atom stereocenters. The molecule has 1 aromatic heterocycles. The van der Waals surface area contributed by atoms with Crippen molar-refractivity contribution >= 4 is 33.3 Å². The molecular formula is C53H35N3S. The van der Waals surface area contributed by atoms with Crippen molar-refractivity contribution in [2.24, 2.45) is 0 Å². The summed E-state index contributed by atoms with van der Waals surface area (Å²) in [4.78, 5) is 16.7. The Kier molecular flexibility index (Phi) is 8.22. The minimum absolute atomic E-state index is 0.429. The van der Waals surface area contributed by atoms with Gasteiger partial charge in [0, 0.05) is 32.8 Å². The summed E-state index contributed by atoms with van der Waals surface area (Å²) in [7, 11) is 0. The number of benzene rings is 8.